The van der Waals surface area contributed by atoms with Crippen LogP contribution in [0.25, 0.3) is 10.9 Å². The maximum Gasteiger partial charge on any atom is 0.311 e. The van der Waals surface area contributed by atoms with E-state index in [1.807, 2.05) is 30.3 Å². The molecule has 0 radical (unpaired) electrons. The molecule has 1 aromatic heterocycles. The first kappa shape index (κ1) is 14.1. The predicted molar refractivity (Wildman–Crippen MR) is 84.1 cm³/mol. The molecule has 0 saturated carbocycles. The largest absolute Gasteiger partial charge is 0.481 e. The van der Waals surface area contributed by atoms with E-state index < -0.39 is 11.9 Å². The molecule has 4 nitrogen and oxygen atoms in total. The second kappa shape index (κ2) is 5.85. The molecule has 3 aromatic rings. The van der Waals surface area contributed by atoms with Gasteiger partial charge in [0.05, 0.1) is 5.92 Å². The van der Waals surface area contributed by atoms with E-state index in [2.05, 4.69) is 4.98 Å². The highest BCUT2D eigenvalue weighted by Crippen LogP contribution is 2.29. The van der Waals surface area contributed by atoms with Crippen LogP contribution in [0.3, 0.4) is 0 Å². The summed E-state index contributed by atoms with van der Waals surface area (Å²) in [4.78, 5) is 27.0. The van der Waals surface area contributed by atoms with Crippen molar-refractivity contribution >= 4 is 22.7 Å². The molecule has 0 spiro atoms. The van der Waals surface area contributed by atoms with Gasteiger partial charge in [0.1, 0.15) is 0 Å². The van der Waals surface area contributed by atoms with Gasteiger partial charge in [0.15, 0.2) is 5.78 Å². The summed E-state index contributed by atoms with van der Waals surface area (Å²) < 4.78 is 0. The van der Waals surface area contributed by atoms with Crippen LogP contribution in [0, 0.1) is 0 Å². The van der Waals surface area contributed by atoms with Gasteiger partial charge in [-0.2, -0.15) is 0 Å². The summed E-state index contributed by atoms with van der Waals surface area (Å²) in [5, 5.41) is 10.4. The average Bonchev–Trinajstić information content (AvgIpc) is 2.96. The fourth-order valence-electron chi connectivity index (χ4n) is 2.64. The summed E-state index contributed by atoms with van der Waals surface area (Å²) >= 11 is 0. The van der Waals surface area contributed by atoms with Gasteiger partial charge in [-0.25, -0.2) is 0 Å². The number of carboxylic acids is 1. The molecular weight excluding hydrogens is 278 g/mol. The van der Waals surface area contributed by atoms with Crippen LogP contribution in [0.15, 0.2) is 60.8 Å². The van der Waals surface area contributed by atoms with E-state index in [4.69, 9.17) is 0 Å². The monoisotopic (exact) mass is 293 g/mol. The minimum atomic E-state index is -0.992. The highest BCUT2D eigenvalue weighted by molar-refractivity contribution is 6.00. The Kier molecular flexibility index (Phi) is 3.74. The van der Waals surface area contributed by atoms with Gasteiger partial charge >= 0.3 is 5.97 Å². The number of para-hydroxylation sites is 1. The van der Waals surface area contributed by atoms with Crippen molar-refractivity contribution in [1.29, 1.82) is 0 Å². The van der Waals surface area contributed by atoms with Crippen molar-refractivity contribution in [2.45, 2.75) is 12.3 Å². The van der Waals surface area contributed by atoms with Crippen molar-refractivity contribution < 1.29 is 14.7 Å². The first-order chi connectivity index (χ1) is 10.7. The molecule has 2 aromatic carbocycles. The van der Waals surface area contributed by atoms with E-state index in [0.29, 0.717) is 11.1 Å². The number of aromatic nitrogens is 1. The Hall–Kier alpha value is -2.88. The third kappa shape index (κ3) is 2.63. The molecule has 2 N–H and O–H groups in total. The van der Waals surface area contributed by atoms with Gasteiger partial charge in [-0.1, -0.05) is 48.5 Å². The Labute approximate surface area is 127 Å². The molecule has 0 aliphatic carbocycles. The average molecular weight is 293 g/mol. The van der Waals surface area contributed by atoms with Crippen LogP contribution in [0.1, 0.15) is 28.3 Å². The van der Waals surface area contributed by atoms with Crippen LogP contribution in [0.2, 0.25) is 0 Å². The smallest absolute Gasteiger partial charge is 0.311 e. The zero-order valence-corrected chi connectivity index (χ0v) is 11.8. The molecule has 22 heavy (non-hydrogen) atoms. The maximum atomic E-state index is 12.3. The van der Waals surface area contributed by atoms with Gasteiger partial charge in [-0.05, 0) is 11.6 Å². The van der Waals surface area contributed by atoms with Crippen LogP contribution in [0.5, 0.6) is 0 Å². The number of carbonyl (C=O) groups excluding carboxylic acids is 1. The number of hydrogen-bond acceptors (Lipinski definition) is 2. The van der Waals surface area contributed by atoms with Gasteiger partial charge in [0.25, 0.3) is 0 Å². The lowest BCUT2D eigenvalue weighted by Crippen LogP contribution is -2.16. The quantitative estimate of drug-likeness (QED) is 0.706. The summed E-state index contributed by atoms with van der Waals surface area (Å²) in [5.74, 6) is -2.02. The highest BCUT2D eigenvalue weighted by atomic mass is 16.4. The van der Waals surface area contributed by atoms with Gasteiger partial charge in [0.2, 0.25) is 0 Å². The fraction of sp³-hybridized carbons (Fsp3) is 0.111. The number of nitrogens with one attached hydrogen (secondary N) is 1. The Balaban J connectivity index is 1.94. The predicted octanol–water partition coefficient (Wildman–Crippen LogP) is 3.61. The molecule has 4 heteroatoms. The number of aliphatic carboxylic acids is 1. The molecule has 0 bridgehead atoms. The lowest BCUT2D eigenvalue weighted by molar-refractivity contribution is -0.138. The molecule has 0 aliphatic rings. The first-order valence-corrected chi connectivity index (χ1v) is 7.04. The zero-order chi connectivity index (χ0) is 15.5. The van der Waals surface area contributed by atoms with Gasteiger partial charge in [0, 0.05) is 29.1 Å². The molecule has 0 saturated heterocycles. The topological polar surface area (TPSA) is 70.2 Å². The first-order valence-electron chi connectivity index (χ1n) is 7.04. The summed E-state index contributed by atoms with van der Waals surface area (Å²) in [6.45, 7) is 0. The Morgan fingerprint density at radius 3 is 2.41 bits per heavy atom. The number of carbonyl (C=O) groups is 2. The van der Waals surface area contributed by atoms with Crippen molar-refractivity contribution in [3.63, 3.8) is 0 Å². The zero-order valence-electron chi connectivity index (χ0n) is 11.8. The van der Waals surface area contributed by atoms with Crippen molar-refractivity contribution in [2.75, 3.05) is 0 Å². The second-order valence-electron chi connectivity index (χ2n) is 5.17. The van der Waals surface area contributed by atoms with E-state index in [0.717, 1.165) is 10.9 Å². The SMILES string of the molecule is O=C(C[C@H](C(=O)O)c1c[nH]c2ccccc12)c1ccccc1. The van der Waals surface area contributed by atoms with Crippen LogP contribution in [0.4, 0.5) is 0 Å². The summed E-state index contributed by atoms with van der Waals surface area (Å²) in [6, 6.07) is 16.3. The Morgan fingerprint density at radius 1 is 1.00 bits per heavy atom. The number of ketones is 1. The van der Waals surface area contributed by atoms with Crippen molar-refractivity contribution in [1.82, 2.24) is 4.98 Å². The number of benzene rings is 2. The summed E-state index contributed by atoms with van der Waals surface area (Å²) in [5.41, 5.74) is 2.05. The Bertz CT molecular complexity index is 820. The van der Waals surface area contributed by atoms with E-state index in [1.54, 1.807) is 30.5 Å². The summed E-state index contributed by atoms with van der Waals surface area (Å²) in [7, 11) is 0. The van der Waals surface area contributed by atoms with Crippen LogP contribution in [-0.2, 0) is 4.79 Å². The molecule has 1 heterocycles. The highest BCUT2D eigenvalue weighted by Gasteiger charge is 2.26. The molecule has 3 rings (SSSR count). The van der Waals surface area contributed by atoms with Gasteiger partial charge in [-0.3, -0.25) is 9.59 Å². The minimum absolute atomic E-state index is 0.0544. The molecule has 0 amide bonds. The molecule has 0 aliphatic heterocycles. The lowest BCUT2D eigenvalue weighted by atomic mass is 9.91. The molecule has 1 atom stereocenters. The van der Waals surface area contributed by atoms with Crippen LogP contribution in [-0.4, -0.2) is 21.8 Å². The molecule has 0 fully saturated rings. The number of hydrogen-bond donors (Lipinski definition) is 2. The lowest BCUT2D eigenvalue weighted by Gasteiger charge is -2.11. The number of fused-ring (bicyclic) bond motifs is 1. The maximum absolute atomic E-state index is 12.3. The summed E-state index contributed by atoms with van der Waals surface area (Å²) in [6.07, 6.45) is 1.63. The number of rotatable bonds is 5. The number of Topliss-reactive ketones (excluding diaryl/α,β-unsaturated/α-hetero) is 1. The van der Waals surface area contributed by atoms with E-state index in [-0.39, 0.29) is 12.2 Å². The van der Waals surface area contributed by atoms with Crippen molar-refractivity contribution in [3.05, 3.63) is 71.9 Å². The third-order valence-electron chi connectivity index (χ3n) is 3.78. The molecular formula is C18H15NO3. The number of carboxylic acid groups (broad SMARTS) is 1. The number of aromatic amines is 1. The van der Waals surface area contributed by atoms with E-state index in [9.17, 15) is 14.7 Å². The fourth-order valence-corrected chi connectivity index (χ4v) is 2.64. The van der Waals surface area contributed by atoms with Crippen LogP contribution < -0.4 is 0 Å². The van der Waals surface area contributed by atoms with Gasteiger partial charge < -0.3 is 10.1 Å². The Morgan fingerprint density at radius 2 is 1.68 bits per heavy atom. The third-order valence-corrected chi connectivity index (χ3v) is 3.78. The minimum Gasteiger partial charge on any atom is -0.481 e. The molecule has 110 valence electrons. The van der Waals surface area contributed by atoms with E-state index in [1.165, 1.54) is 0 Å². The van der Waals surface area contributed by atoms with E-state index >= 15 is 0 Å². The van der Waals surface area contributed by atoms with Gasteiger partial charge in [-0.15, -0.1) is 0 Å². The second-order valence-corrected chi connectivity index (χ2v) is 5.17. The molecule has 0 unspecified atom stereocenters. The van der Waals surface area contributed by atoms with Crippen LogP contribution >= 0.6 is 0 Å². The van der Waals surface area contributed by atoms with Crippen molar-refractivity contribution in [2.24, 2.45) is 0 Å². The standard InChI is InChI=1S/C18H15NO3/c20-17(12-6-2-1-3-7-12)10-14(18(21)22)15-11-19-16-9-5-4-8-13(15)16/h1-9,11,14,19H,10H2,(H,21,22)/t14-/m0/s1. The normalized spacial score (nSPS) is 12.2. The van der Waals surface area contributed by atoms with Crippen molar-refractivity contribution in [3.8, 4) is 0 Å². The number of H-pyrrole nitrogens is 1.